The third kappa shape index (κ3) is 6.16. The van der Waals surface area contributed by atoms with Gasteiger partial charge in [-0.2, -0.15) is 5.10 Å². The van der Waals surface area contributed by atoms with E-state index in [0.717, 1.165) is 11.1 Å². The largest absolute Gasteiger partial charge is 0.336 e. The number of aromatic amines is 2. The van der Waals surface area contributed by atoms with Crippen molar-refractivity contribution in [3.8, 4) is 22.6 Å². The Hall–Kier alpha value is -4.92. The first-order chi connectivity index (χ1) is 20.5. The van der Waals surface area contributed by atoms with Gasteiger partial charge in [-0.1, -0.05) is 57.2 Å². The van der Waals surface area contributed by atoms with Gasteiger partial charge in [0.1, 0.15) is 17.2 Å². The monoisotopic (exact) mass is 580 g/mol. The molecule has 9 heteroatoms. The first-order valence-electron chi connectivity index (χ1n) is 14.1. The van der Waals surface area contributed by atoms with Gasteiger partial charge in [0, 0.05) is 23.3 Å². The van der Waals surface area contributed by atoms with Gasteiger partial charge in [-0.05, 0) is 61.6 Å². The van der Waals surface area contributed by atoms with Crippen LogP contribution in [0.4, 0.5) is 8.78 Å². The third-order valence-electron chi connectivity index (χ3n) is 6.97. The normalized spacial score (nSPS) is 13.0. The van der Waals surface area contributed by atoms with Crippen LogP contribution >= 0.6 is 0 Å². The van der Waals surface area contributed by atoms with Gasteiger partial charge in [-0.15, -0.1) is 0 Å². The van der Waals surface area contributed by atoms with Crippen molar-refractivity contribution in [2.45, 2.75) is 48.0 Å². The predicted molar refractivity (Wildman–Crippen MR) is 168 cm³/mol. The fraction of sp³-hybridized carbons (Fsp3) is 0.235. The average Bonchev–Trinajstić information content (AvgIpc) is 3.57. The number of carbonyl (C=O) groups excluding carboxylic acids is 1. The SMILES string of the molecule is C/C=C/C(=C\C(=C/C)c1ncc2[nH]nc(-c3nc4c(C)ccc(-c5cccc(F)c5)c4[nH]3)c2c1F)NC(=O)CC(C)(C)C. The fourth-order valence-electron chi connectivity index (χ4n) is 5.03. The van der Waals surface area contributed by atoms with Crippen molar-refractivity contribution in [1.29, 1.82) is 0 Å². The lowest BCUT2D eigenvalue weighted by Gasteiger charge is -2.17. The average molecular weight is 581 g/mol. The van der Waals surface area contributed by atoms with Gasteiger partial charge >= 0.3 is 0 Å². The number of allylic oxidation sites excluding steroid dienone is 5. The smallest absolute Gasteiger partial charge is 0.224 e. The van der Waals surface area contributed by atoms with E-state index in [0.29, 0.717) is 51.3 Å². The zero-order chi connectivity index (χ0) is 30.9. The van der Waals surface area contributed by atoms with Crippen molar-refractivity contribution in [1.82, 2.24) is 30.5 Å². The van der Waals surface area contributed by atoms with E-state index in [2.05, 4.69) is 25.5 Å². The Kier molecular flexibility index (Phi) is 8.08. The van der Waals surface area contributed by atoms with Crippen molar-refractivity contribution >= 4 is 33.4 Å². The molecule has 0 aliphatic heterocycles. The molecule has 220 valence electrons. The number of hydrogen-bond acceptors (Lipinski definition) is 4. The first kappa shape index (κ1) is 29.6. The number of aryl methyl sites for hydroxylation is 1. The lowest BCUT2D eigenvalue weighted by Crippen LogP contribution is -2.26. The maximum absolute atomic E-state index is 16.3. The summed E-state index contributed by atoms with van der Waals surface area (Å²) in [4.78, 5) is 25.1. The number of H-pyrrole nitrogens is 2. The van der Waals surface area contributed by atoms with Gasteiger partial charge in [0.15, 0.2) is 11.6 Å². The van der Waals surface area contributed by atoms with E-state index in [1.54, 1.807) is 37.3 Å². The van der Waals surface area contributed by atoms with E-state index in [1.807, 2.05) is 52.8 Å². The maximum atomic E-state index is 16.3. The summed E-state index contributed by atoms with van der Waals surface area (Å²) in [6, 6.07) is 10.2. The molecule has 1 amide bonds. The highest BCUT2D eigenvalue weighted by Crippen LogP contribution is 2.35. The zero-order valence-corrected chi connectivity index (χ0v) is 25.1. The number of benzene rings is 2. The number of amides is 1. The molecule has 0 radical (unpaired) electrons. The molecule has 0 bridgehead atoms. The molecule has 0 spiro atoms. The number of hydrogen-bond donors (Lipinski definition) is 3. The van der Waals surface area contributed by atoms with E-state index in [1.165, 1.54) is 18.3 Å². The number of rotatable bonds is 7. The molecule has 3 heterocycles. The maximum Gasteiger partial charge on any atom is 0.224 e. The topological polar surface area (TPSA) is 99.3 Å². The van der Waals surface area contributed by atoms with Gasteiger partial charge < -0.3 is 10.3 Å². The highest BCUT2D eigenvalue weighted by molar-refractivity contribution is 5.99. The molecular formula is C34H34F2N6O. The molecule has 0 aliphatic rings. The molecule has 0 saturated carbocycles. The van der Waals surface area contributed by atoms with Gasteiger partial charge in [0.25, 0.3) is 0 Å². The second-order valence-electron chi connectivity index (χ2n) is 11.7. The van der Waals surface area contributed by atoms with E-state index in [-0.39, 0.29) is 28.2 Å². The minimum Gasteiger partial charge on any atom is -0.336 e. The van der Waals surface area contributed by atoms with Gasteiger partial charge in [0.2, 0.25) is 5.91 Å². The Morgan fingerprint density at radius 3 is 2.60 bits per heavy atom. The fourth-order valence-corrected chi connectivity index (χ4v) is 5.03. The summed E-state index contributed by atoms with van der Waals surface area (Å²) in [5.74, 6) is -0.683. The second kappa shape index (κ2) is 11.8. The summed E-state index contributed by atoms with van der Waals surface area (Å²) in [6.07, 6.45) is 8.87. The lowest BCUT2D eigenvalue weighted by molar-refractivity contribution is -0.122. The first-order valence-corrected chi connectivity index (χ1v) is 14.1. The van der Waals surface area contributed by atoms with E-state index < -0.39 is 5.82 Å². The summed E-state index contributed by atoms with van der Waals surface area (Å²) in [5.41, 5.74) is 5.40. The van der Waals surface area contributed by atoms with E-state index in [9.17, 15) is 9.18 Å². The van der Waals surface area contributed by atoms with Crippen molar-refractivity contribution in [2.24, 2.45) is 5.41 Å². The van der Waals surface area contributed by atoms with Crippen molar-refractivity contribution in [3.63, 3.8) is 0 Å². The van der Waals surface area contributed by atoms with E-state index in [4.69, 9.17) is 4.98 Å². The van der Waals surface area contributed by atoms with Gasteiger partial charge in [0.05, 0.1) is 28.1 Å². The summed E-state index contributed by atoms with van der Waals surface area (Å²) < 4.78 is 30.4. The molecule has 3 aromatic heterocycles. The van der Waals surface area contributed by atoms with Crippen LogP contribution in [0.15, 0.2) is 72.6 Å². The van der Waals surface area contributed by atoms with Crippen molar-refractivity contribution in [2.75, 3.05) is 0 Å². The third-order valence-corrected chi connectivity index (χ3v) is 6.97. The Balaban J connectivity index is 1.59. The van der Waals surface area contributed by atoms with Gasteiger partial charge in [-0.3, -0.25) is 14.9 Å². The van der Waals surface area contributed by atoms with E-state index >= 15 is 4.39 Å². The minimum absolute atomic E-state index is 0.109. The van der Waals surface area contributed by atoms with Crippen LogP contribution in [0.3, 0.4) is 0 Å². The van der Waals surface area contributed by atoms with Crippen LogP contribution in [-0.2, 0) is 4.79 Å². The highest BCUT2D eigenvalue weighted by atomic mass is 19.1. The zero-order valence-electron chi connectivity index (χ0n) is 25.1. The number of nitrogens with one attached hydrogen (secondary N) is 3. The number of halogens is 2. The molecule has 0 saturated heterocycles. The summed E-state index contributed by atoms with van der Waals surface area (Å²) >= 11 is 0. The number of carbonyl (C=O) groups is 1. The van der Waals surface area contributed by atoms with Crippen LogP contribution in [0.25, 0.3) is 50.2 Å². The predicted octanol–water partition coefficient (Wildman–Crippen LogP) is 8.17. The van der Waals surface area contributed by atoms with Crippen LogP contribution in [0.2, 0.25) is 0 Å². The highest BCUT2D eigenvalue weighted by Gasteiger charge is 2.22. The molecule has 5 rings (SSSR count). The molecule has 5 aromatic rings. The second-order valence-corrected chi connectivity index (χ2v) is 11.7. The molecule has 2 aromatic carbocycles. The van der Waals surface area contributed by atoms with Crippen LogP contribution in [0.1, 0.15) is 52.3 Å². The molecule has 0 aliphatic carbocycles. The van der Waals surface area contributed by atoms with Gasteiger partial charge in [-0.25, -0.2) is 13.8 Å². The number of imidazole rings is 1. The Bertz CT molecular complexity index is 1940. The Labute approximate surface area is 248 Å². The van der Waals surface area contributed by atoms with Crippen LogP contribution in [0, 0.1) is 24.0 Å². The summed E-state index contributed by atoms with van der Waals surface area (Å²) in [6.45, 7) is 11.5. The standard InChI is InChI=1S/C34H34F2N6O/c1-7-10-23(38-26(43)17-34(4,5)6)16-20(8-2)30-28(36)27-25(18-37-30)41-42-32(27)33-39-29-19(3)13-14-24(31(29)40-33)21-11-9-12-22(35)15-21/h7-16,18H,17H2,1-6H3,(H,38,43)(H,39,40)(H,41,42)/b10-7+,20-8+,23-16+. The number of nitrogens with zero attached hydrogens (tertiary/aromatic N) is 3. The van der Waals surface area contributed by atoms with Crippen molar-refractivity contribution in [3.05, 3.63) is 95.5 Å². The molecule has 43 heavy (non-hydrogen) atoms. The molecule has 3 N–H and O–H groups in total. The molecule has 0 atom stereocenters. The molecule has 0 unspecified atom stereocenters. The van der Waals surface area contributed by atoms with Crippen molar-refractivity contribution < 1.29 is 13.6 Å². The van der Waals surface area contributed by atoms with Crippen LogP contribution in [-0.4, -0.2) is 31.1 Å². The molecule has 0 fully saturated rings. The summed E-state index contributed by atoms with van der Waals surface area (Å²) in [5, 5.41) is 10.4. The Morgan fingerprint density at radius 1 is 1.12 bits per heavy atom. The summed E-state index contributed by atoms with van der Waals surface area (Å²) in [7, 11) is 0. The minimum atomic E-state index is -0.575. The molecule has 7 nitrogen and oxygen atoms in total. The van der Waals surface area contributed by atoms with Crippen LogP contribution < -0.4 is 5.32 Å². The number of pyridine rings is 1. The van der Waals surface area contributed by atoms with Crippen LogP contribution in [0.5, 0.6) is 0 Å². The Morgan fingerprint density at radius 2 is 1.91 bits per heavy atom. The quantitative estimate of drug-likeness (QED) is 0.169. The lowest BCUT2D eigenvalue weighted by atomic mass is 9.92. The number of fused-ring (bicyclic) bond motifs is 2. The number of aromatic nitrogens is 5. The molecular weight excluding hydrogens is 546 g/mol.